The van der Waals surface area contributed by atoms with Crippen molar-refractivity contribution in [2.24, 2.45) is 0 Å². The third-order valence-electron chi connectivity index (χ3n) is 1.34. The van der Waals surface area contributed by atoms with Gasteiger partial charge in [-0.15, -0.1) is 0 Å². The van der Waals surface area contributed by atoms with E-state index in [2.05, 4.69) is 9.97 Å². The van der Waals surface area contributed by atoms with Crippen LogP contribution in [0.25, 0.3) is 0 Å². The zero-order valence-corrected chi connectivity index (χ0v) is 12.7. The number of nitrogens with two attached hydrogens (primary N) is 2. The molecule has 4 N–H and O–H groups in total. The van der Waals surface area contributed by atoms with Gasteiger partial charge in [-0.05, 0) is 0 Å². The molecule has 74 valence electrons. The molecule has 0 aromatic carbocycles. The predicted molar refractivity (Wildman–Crippen MR) is 39.5 cm³/mol. The first-order valence-corrected chi connectivity index (χ1v) is 3.29. The summed E-state index contributed by atoms with van der Waals surface area (Å²) in [6.07, 6.45) is 0. The molecule has 1 aromatic rings. The van der Waals surface area contributed by atoms with Crippen molar-refractivity contribution < 1.29 is 78.9 Å². The molecule has 0 unspecified atom stereocenters. The van der Waals surface area contributed by atoms with E-state index in [4.69, 9.17) is 11.5 Å². The summed E-state index contributed by atoms with van der Waals surface area (Å²) < 4.78 is 0. The van der Waals surface area contributed by atoms with Gasteiger partial charge in [0, 0.05) is 0 Å². The molecule has 0 aliphatic rings. The van der Waals surface area contributed by atoms with E-state index in [9.17, 15) is 19.8 Å². The number of aromatic carboxylic acids is 2. The fourth-order valence-electron chi connectivity index (χ4n) is 0.762. The third-order valence-corrected chi connectivity index (χ3v) is 1.34. The summed E-state index contributed by atoms with van der Waals surface area (Å²) >= 11 is 0. The molecule has 0 atom stereocenters. The van der Waals surface area contributed by atoms with Crippen molar-refractivity contribution >= 4 is 23.6 Å². The Morgan fingerprint density at radius 1 is 0.875 bits per heavy atom. The van der Waals surface area contributed by atoms with Crippen LogP contribution in [0.4, 0.5) is 11.6 Å². The van der Waals surface area contributed by atoms with E-state index < -0.39 is 35.0 Å². The van der Waals surface area contributed by atoms with Gasteiger partial charge < -0.3 is 31.3 Å². The first-order chi connectivity index (χ1) is 6.43. The molecular weight excluding hydrogens is 238 g/mol. The second-order valence-corrected chi connectivity index (χ2v) is 2.27. The van der Waals surface area contributed by atoms with Crippen LogP contribution in [0, 0.1) is 0 Å². The topological polar surface area (TPSA) is 158 Å². The summed E-state index contributed by atoms with van der Waals surface area (Å²) in [4.78, 5) is 27.1. The molecule has 16 heavy (non-hydrogen) atoms. The Kier molecular flexibility index (Phi) is 7.93. The first-order valence-electron chi connectivity index (χ1n) is 3.29. The minimum Gasteiger partial charge on any atom is -0.543 e. The van der Waals surface area contributed by atoms with Gasteiger partial charge in [0.15, 0.2) is 11.6 Å². The van der Waals surface area contributed by atoms with Crippen LogP contribution in [-0.2, 0) is 0 Å². The molecule has 0 aliphatic heterocycles. The van der Waals surface area contributed by atoms with Crippen LogP contribution < -0.4 is 80.8 Å². The fourth-order valence-corrected chi connectivity index (χ4v) is 0.762. The number of carboxylic acid groups (broad SMARTS) is 2. The van der Waals surface area contributed by atoms with Crippen molar-refractivity contribution in [1.29, 1.82) is 0 Å². The maximum absolute atomic E-state index is 10.3. The van der Waals surface area contributed by atoms with Gasteiger partial charge in [0.2, 0.25) is 0 Å². The number of carbonyl (C=O) groups is 2. The van der Waals surface area contributed by atoms with Gasteiger partial charge in [0.05, 0.1) is 11.9 Å². The van der Waals surface area contributed by atoms with Crippen LogP contribution in [0.5, 0.6) is 0 Å². The monoisotopic (exact) mass is 242 g/mol. The molecule has 0 saturated heterocycles. The average Bonchev–Trinajstić information content (AvgIpc) is 2.07. The smallest absolute Gasteiger partial charge is 0.543 e. The first kappa shape index (κ1) is 18.0. The van der Waals surface area contributed by atoms with E-state index >= 15 is 0 Å². The largest absolute Gasteiger partial charge is 1.00 e. The quantitative estimate of drug-likeness (QED) is 0.483. The number of hydrogen-bond donors (Lipinski definition) is 2. The number of carboxylic acids is 2. The number of rotatable bonds is 2. The maximum Gasteiger partial charge on any atom is 1.00 e. The molecule has 0 aliphatic carbocycles. The van der Waals surface area contributed by atoms with Crippen LogP contribution in [0.1, 0.15) is 21.0 Å². The maximum atomic E-state index is 10.3. The van der Waals surface area contributed by atoms with Crippen LogP contribution in [0.3, 0.4) is 0 Å². The minimum absolute atomic E-state index is 0. The van der Waals surface area contributed by atoms with E-state index in [-0.39, 0.29) is 59.1 Å². The Morgan fingerprint density at radius 2 is 1.12 bits per heavy atom. The molecule has 1 rings (SSSR count). The Bertz CT molecular complexity index is 385. The SMILES string of the molecule is Nc1nc(C(=O)[O-])c(N)nc1C(=O)[O-].[Na+].[Na+]. The van der Waals surface area contributed by atoms with E-state index in [0.717, 1.165) is 0 Å². The normalized spacial score (nSPS) is 8.50. The predicted octanol–water partition coefficient (Wildman–Crippen LogP) is -9.62. The summed E-state index contributed by atoms with van der Waals surface area (Å²) in [5.41, 5.74) is 8.77. The Hall–Kier alpha value is -0.380. The van der Waals surface area contributed by atoms with Crippen molar-refractivity contribution in [3.8, 4) is 0 Å². The van der Waals surface area contributed by atoms with Crippen LogP contribution in [0.15, 0.2) is 0 Å². The van der Waals surface area contributed by atoms with E-state index in [1.54, 1.807) is 0 Å². The minimum atomic E-state index is -1.69. The number of nitrogens with zero attached hydrogens (tertiary/aromatic N) is 2. The summed E-state index contributed by atoms with van der Waals surface area (Å²) in [7, 11) is 0. The van der Waals surface area contributed by atoms with Crippen LogP contribution in [-0.4, -0.2) is 21.9 Å². The number of hydrogen-bond acceptors (Lipinski definition) is 8. The Balaban J connectivity index is 0. The summed E-state index contributed by atoms with van der Waals surface area (Å²) in [6, 6.07) is 0. The molecule has 1 aromatic heterocycles. The Morgan fingerprint density at radius 3 is 1.31 bits per heavy atom. The average molecular weight is 242 g/mol. The molecule has 10 heteroatoms. The van der Waals surface area contributed by atoms with E-state index in [1.807, 2.05) is 0 Å². The molecule has 1 heterocycles. The van der Waals surface area contributed by atoms with E-state index in [1.165, 1.54) is 0 Å². The van der Waals surface area contributed by atoms with Crippen molar-refractivity contribution in [1.82, 2.24) is 9.97 Å². The molecule has 8 nitrogen and oxygen atoms in total. The summed E-state index contributed by atoms with van der Waals surface area (Å²) in [5, 5.41) is 20.7. The van der Waals surface area contributed by atoms with Gasteiger partial charge in [0.1, 0.15) is 11.4 Å². The number of anilines is 2. The van der Waals surface area contributed by atoms with Gasteiger partial charge in [-0.2, -0.15) is 0 Å². The van der Waals surface area contributed by atoms with Gasteiger partial charge >= 0.3 is 59.1 Å². The standard InChI is InChI=1S/C6H6N4O4.2Na/c7-3-1(5(11)12)9-4(8)2(10-3)6(13)14;;/h(H2,8,9)(H2,7,10)(H,11,12)(H,13,14);;/q;2*+1/p-2. The second-order valence-electron chi connectivity index (χ2n) is 2.27. The summed E-state index contributed by atoms with van der Waals surface area (Å²) in [6.45, 7) is 0. The molecular formula is C6H4N4Na2O4. The zero-order valence-electron chi connectivity index (χ0n) is 8.68. The Labute approximate surface area is 134 Å². The second kappa shape index (κ2) is 7.05. The number of carbonyl (C=O) groups excluding carboxylic acids is 2. The molecule has 0 amide bonds. The number of aromatic nitrogens is 2. The van der Waals surface area contributed by atoms with Crippen LogP contribution >= 0.6 is 0 Å². The molecule has 0 spiro atoms. The van der Waals surface area contributed by atoms with Crippen molar-refractivity contribution in [3.05, 3.63) is 11.4 Å². The van der Waals surface area contributed by atoms with E-state index in [0.29, 0.717) is 0 Å². The van der Waals surface area contributed by atoms with Crippen molar-refractivity contribution in [2.75, 3.05) is 11.5 Å². The molecule has 0 radical (unpaired) electrons. The third kappa shape index (κ3) is 3.89. The van der Waals surface area contributed by atoms with Crippen molar-refractivity contribution in [2.45, 2.75) is 0 Å². The van der Waals surface area contributed by atoms with Crippen LogP contribution in [0.2, 0.25) is 0 Å². The molecule has 0 bridgehead atoms. The summed E-state index contributed by atoms with van der Waals surface area (Å²) in [5.74, 6) is -4.55. The molecule has 0 fully saturated rings. The van der Waals surface area contributed by atoms with Crippen molar-refractivity contribution in [3.63, 3.8) is 0 Å². The number of nitrogen functional groups attached to an aromatic ring is 2. The van der Waals surface area contributed by atoms with Gasteiger partial charge in [-0.25, -0.2) is 9.97 Å². The zero-order chi connectivity index (χ0) is 10.9. The van der Waals surface area contributed by atoms with Gasteiger partial charge in [-0.1, -0.05) is 0 Å². The fraction of sp³-hybridized carbons (Fsp3) is 0. The van der Waals surface area contributed by atoms with Gasteiger partial charge in [-0.3, -0.25) is 0 Å². The molecule has 0 saturated carbocycles. The van der Waals surface area contributed by atoms with Gasteiger partial charge in [0.25, 0.3) is 0 Å².